The zero-order valence-corrected chi connectivity index (χ0v) is 11.0. The van der Waals surface area contributed by atoms with E-state index in [1.165, 1.54) is 35.4 Å². The van der Waals surface area contributed by atoms with Gasteiger partial charge in [0.1, 0.15) is 0 Å². The molecule has 2 aromatic heterocycles. The highest BCUT2D eigenvalue weighted by Crippen LogP contribution is 2.42. The molecular formula is C14H15N3S. The number of nitrogens with one attached hydrogen (secondary N) is 1. The van der Waals surface area contributed by atoms with Gasteiger partial charge in [-0.05, 0) is 24.3 Å². The zero-order valence-electron chi connectivity index (χ0n) is 10.1. The Morgan fingerprint density at radius 3 is 3.00 bits per heavy atom. The highest BCUT2D eigenvalue weighted by Gasteiger charge is 2.30. The average molecular weight is 257 g/mol. The molecule has 3 heterocycles. The predicted octanol–water partition coefficient (Wildman–Crippen LogP) is 2.73. The summed E-state index contributed by atoms with van der Waals surface area (Å²) in [6.07, 6.45) is 3.63. The van der Waals surface area contributed by atoms with Crippen molar-refractivity contribution in [3.8, 4) is 11.4 Å². The summed E-state index contributed by atoms with van der Waals surface area (Å²) in [4.78, 5) is 9.63. The van der Waals surface area contributed by atoms with Crippen LogP contribution in [0.25, 0.3) is 11.4 Å². The van der Waals surface area contributed by atoms with Gasteiger partial charge in [-0.3, -0.25) is 0 Å². The van der Waals surface area contributed by atoms with Crippen LogP contribution in [0.4, 0.5) is 0 Å². The van der Waals surface area contributed by atoms with Crippen molar-refractivity contribution in [1.82, 2.24) is 15.3 Å². The van der Waals surface area contributed by atoms with Crippen molar-refractivity contribution in [3.63, 3.8) is 0 Å². The lowest BCUT2D eigenvalue weighted by Crippen LogP contribution is -2.26. The number of thiophene rings is 1. The molecule has 0 saturated heterocycles. The Morgan fingerprint density at radius 1 is 1.28 bits per heavy atom. The van der Waals surface area contributed by atoms with E-state index >= 15 is 0 Å². The normalized spacial score (nSPS) is 18.7. The van der Waals surface area contributed by atoms with E-state index in [1.807, 2.05) is 0 Å². The fraction of sp³-hybridized carbons (Fsp3) is 0.429. The van der Waals surface area contributed by atoms with Crippen molar-refractivity contribution in [3.05, 3.63) is 33.8 Å². The number of rotatable bonds is 2. The molecule has 1 saturated carbocycles. The summed E-state index contributed by atoms with van der Waals surface area (Å²) in [6.45, 7) is 1.99. The Balaban J connectivity index is 1.87. The first-order valence-electron chi connectivity index (χ1n) is 6.55. The van der Waals surface area contributed by atoms with Gasteiger partial charge in [0.15, 0.2) is 5.82 Å². The van der Waals surface area contributed by atoms with Crippen molar-refractivity contribution in [2.45, 2.75) is 31.7 Å². The molecule has 2 aromatic rings. The molecule has 0 radical (unpaired) electrons. The number of aromatic nitrogens is 2. The quantitative estimate of drug-likeness (QED) is 0.899. The minimum absolute atomic E-state index is 0.694. The third-order valence-electron chi connectivity index (χ3n) is 3.71. The SMILES string of the molecule is c1cc(-c2nc3c(c(C4CC4)n2)CNCC3)cs1. The molecule has 0 bridgehead atoms. The van der Waals surface area contributed by atoms with Crippen LogP contribution in [-0.2, 0) is 13.0 Å². The van der Waals surface area contributed by atoms with E-state index in [2.05, 4.69) is 22.1 Å². The number of hydrogen-bond donors (Lipinski definition) is 1. The fourth-order valence-corrected chi connectivity index (χ4v) is 3.22. The predicted molar refractivity (Wildman–Crippen MR) is 72.7 cm³/mol. The van der Waals surface area contributed by atoms with Crippen LogP contribution in [0.1, 0.15) is 35.7 Å². The largest absolute Gasteiger partial charge is 0.312 e. The molecule has 1 fully saturated rings. The molecule has 3 nitrogen and oxygen atoms in total. The highest BCUT2D eigenvalue weighted by atomic mass is 32.1. The maximum atomic E-state index is 4.85. The highest BCUT2D eigenvalue weighted by molar-refractivity contribution is 7.08. The van der Waals surface area contributed by atoms with Crippen molar-refractivity contribution in [2.24, 2.45) is 0 Å². The molecule has 0 unspecified atom stereocenters. The molecule has 1 aliphatic heterocycles. The van der Waals surface area contributed by atoms with Crippen LogP contribution in [0.15, 0.2) is 16.8 Å². The summed E-state index contributed by atoms with van der Waals surface area (Å²) in [5.74, 6) is 1.62. The molecule has 0 atom stereocenters. The molecule has 0 amide bonds. The van der Waals surface area contributed by atoms with E-state index in [0.717, 1.165) is 25.3 Å². The van der Waals surface area contributed by atoms with Gasteiger partial charge < -0.3 is 5.32 Å². The molecule has 1 N–H and O–H groups in total. The second-order valence-corrected chi connectivity index (χ2v) is 5.85. The van der Waals surface area contributed by atoms with Gasteiger partial charge >= 0.3 is 0 Å². The Labute approximate surface area is 110 Å². The summed E-state index contributed by atoms with van der Waals surface area (Å²) in [5, 5.41) is 7.67. The first-order valence-corrected chi connectivity index (χ1v) is 7.49. The summed E-state index contributed by atoms with van der Waals surface area (Å²) in [5.41, 5.74) is 5.13. The lowest BCUT2D eigenvalue weighted by molar-refractivity contribution is 0.617. The summed E-state index contributed by atoms with van der Waals surface area (Å²) in [6, 6.07) is 2.12. The minimum Gasteiger partial charge on any atom is -0.312 e. The van der Waals surface area contributed by atoms with Crippen molar-refractivity contribution in [1.29, 1.82) is 0 Å². The van der Waals surface area contributed by atoms with Gasteiger partial charge in [-0.25, -0.2) is 9.97 Å². The molecule has 1 aliphatic carbocycles. The Kier molecular flexibility index (Phi) is 2.45. The molecule has 0 spiro atoms. The Hall–Kier alpha value is -1.26. The van der Waals surface area contributed by atoms with Crippen molar-refractivity contribution in [2.75, 3.05) is 6.54 Å². The smallest absolute Gasteiger partial charge is 0.160 e. The maximum Gasteiger partial charge on any atom is 0.160 e. The molecule has 2 aliphatic rings. The second kappa shape index (κ2) is 4.14. The standard InChI is InChI=1S/C14H15N3S/c1-2-9(1)13-11-7-15-5-3-12(11)16-14(17-13)10-4-6-18-8-10/h4,6,8-9,15H,1-3,5,7H2. The zero-order chi connectivity index (χ0) is 11.9. The molecule has 18 heavy (non-hydrogen) atoms. The summed E-state index contributed by atoms with van der Waals surface area (Å²) >= 11 is 1.71. The lowest BCUT2D eigenvalue weighted by atomic mass is 10.0. The van der Waals surface area contributed by atoms with Crippen LogP contribution in [0.5, 0.6) is 0 Å². The molecular weight excluding hydrogens is 242 g/mol. The number of hydrogen-bond acceptors (Lipinski definition) is 4. The third-order valence-corrected chi connectivity index (χ3v) is 4.39. The third kappa shape index (κ3) is 1.76. The van der Waals surface area contributed by atoms with Gasteiger partial charge in [0, 0.05) is 41.9 Å². The van der Waals surface area contributed by atoms with E-state index in [0.29, 0.717) is 5.92 Å². The van der Waals surface area contributed by atoms with Crippen LogP contribution in [0.3, 0.4) is 0 Å². The molecule has 4 heteroatoms. The van der Waals surface area contributed by atoms with E-state index < -0.39 is 0 Å². The Bertz CT molecular complexity index is 573. The summed E-state index contributed by atoms with van der Waals surface area (Å²) in [7, 11) is 0. The van der Waals surface area contributed by atoms with Crippen LogP contribution in [0, 0.1) is 0 Å². The average Bonchev–Trinajstić information content (AvgIpc) is 3.12. The second-order valence-electron chi connectivity index (χ2n) is 5.07. The van der Waals surface area contributed by atoms with Crippen molar-refractivity contribution >= 4 is 11.3 Å². The number of nitrogens with zero attached hydrogens (tertiary/aromatic N) is 2. The van der Waals surface area contributed by atoms with Crippen LogP contribution in [-0.4, -0.2) is 16.5 Å². The fourth-order valence-electron chi connectivity index (χ4n) is 2.58. The van der Waals surface area contributed by atoms with Crippen molar-refractivity contribution < 1.29 is 0 Å². The van der Waals surface area contributed by atoms with Gasteiger partial charge in [0.25, 0.3) is 0 Å². The van der Waals surface area contributed by atoms with E-state index in [4.69, 9.17) is 9.97 Å². The van der Waals surface area contributed by atoms with Crippen LogP contribution >= 0.6 is 11.3 Å². The first kappa shape index (κ1) is 10.6. The molecule has 92 valence electrons. The van der Waals surface area contributed by atoms with Crippen LogP contribution < -0.4 is 5.32 Å². The maximum absolute atomic E-state index is 4.85. The van der Waals surface area contributed by atoms with E-state index in [1.54, 1.807) is 11.3 Å². The first-order chi connectivity index (χ1) is 8.92. The topological polar surface area (TPSA) is 37.8 Å². The molecule has 4 rings (SSSR count). The van der Waals surface area contributed by atoms with Gasteiger partial charge in [-0.2, -0.15) is 11.3 Å². The van der Waals surface area contributed by atoms with E-state index in [9.17, 15) is 0 Å². The summed E-state index contributed by atoms with van der Waals surface area (Å²) < 4.78 is 0. The lowest BCUT2D eigenvalue weighted by Gasteiger charge is -2.19. The molecule has 0 aromatic carbocycles. The minimum atomic E-state index is 0.694. The van der Waals surface area contributed by atoms with E-state index in [-0.39, 0.29) is 0 Å². The van der Waals surface area contributed by atoms with Gasteiger partial charge in [0.2, 0.25) is 0 Å². The van der Waals surface area contributed by atoms with Gasteiger partial charge in [0.05, 0.1) is 11.4 Å². The Morgan fingerprint density at radius 2 is 2.22 bits per heavy atom. The monoisotopic (exact) mass is 257 g/mol. The van der Waals surface area contributed by atoms with Gasteiger partial charge in [-0.15, -0.1) is 0 Å². The number of fused-ring (bicyclic) bond motifs is 1. The van der Waals surface area contributed by atoms with Gasteiger partial charge in [-0.1, -0.05) is 0 Å². The van der Waals surface area contributed by atoms with Crippen LogP contribution in [0.2, 0.25) is 0 Å².